The van der Waals surface area contributed by atoms with E-state index >= 15 is 0 Å². The summed E-state index contributed by atoms with van der Waals surface area (Å²) in [6, 6.07) is 9.99. The lowest BCUT2D eigenvalue weighted by atomic mass is 9.64. The van der Waals surface area contributed by atoms with Crippen molar-refractivity contribution < 1.29 is 18.0 Å². The maximum Gasteiger partial charge on any atom is 0.401 e. The number of carbonyl (C=O) groups is 1. The zero-order valence-electron chi connectivity index (χ0n) is 14.8. The molecule has 2 aliphatic rings. The molecule has 2 amide bonds. The number of halogens is 3. The first-order valence-electron chi connectivity index (χ1n) is 9.23. The number of nitrogens with zero attached hydrogens (tertiary/aromatic N) is 1. The number of hydrogen-bond donors (Lipinski definition) is 2. The van der Waals surface area contributed by atoms with Crippen molar-refractivity contribution in [1.82, 2.24) is 15.5 Å². The van der Waals surface area contributed by atoms with Gasteiger partial charge in [-0.05, 0) is 37.3 Å². The molecule has 0 unspecified atom stereocenters. The van der Waals surface area contributed by atoms with Crippen LogP contribution in [0.2, 0.25) is 0 Å². The Bertz CT molecular complexity index is 602. The van der Waals surface area contributed by atoms with E-state index in [4.69, 9.17) is 0 Å². The van der Waals surface area contributed by atoms with Crippen LogP contribution in [-0.4, -0.2) is 49.8 Å². The Morgan fingerprint density at radius 3 is 2.54 bits per heavy atom. The summed E-state index contributed by atoms with van der Waals surface area (Å²) in [5.41, 5.74) is 1.28. The maximum absolute atomic E-state index is 12.4. The van der Waals surface area contributed by atoms with E-state index in [2.05, 4.69) is 22.8 Å². The molecule has 26 heavy (non-hydrogen) atoms. The Balaban J connectivity index is 1.40. The molecule has 1 aromatic carbocycles. The lowest BCUT2D eigenvalue weighted by Crippen LogP contribution is -2.48. The van der Waals surface area contributed by atoms with Gasteiger partial charge in [-0.1, -0.05) is 36.8 Å². The third kappa shape index (κ3) is 4.90. The molecule has 3 rings (SSSR count). The molecule has 2 N–H and O–H groups in total. The summed E-state index contributed by atoms with van der Waals surface area (Å²) in [6.07, 6.45) is -0.188. The van der Waals surface area contributed by atoms with Gasteiger partial charge in [0.25, 0.3) is 0 Å². The van der Waals surface area contributed by atoms with E-state index in [9.17, 15) is 18.0 Å². The van der Waals surface area contributed by atoms with Gasteiger partial charge in [-0.25, -0.2) is 4.79 Å². The van der Waals surface area contributed by atoms with E-state index in [0.717, 1.165) is 19.3 Å². The van der Waals surface area contributed by atoms with Gasteiger partial charge in [0, 0.05) is 25.0 Å². The average Bonchev–Trinajstić information content (AvgIpc) is 2.98. The molecular weight excluding hydrogens is 343 g/mol. The number of rotatable bonds is 6. The van der Waals surface area contributed by atoms with Gasteiger partial charge in [0.2, 0.25) is 0 Å². The molecular formula is C19H26F3N3O. The molecule has 1 aliphatic carbocycles. The second-order valence-corrected chi connectivity index (χ2v) is 7.57. The molecule has 144 valence electrons. The largest absolute Gasteiger partial charge is 0.401 e. The van der Waals surface area contributed by atoms with Gasteiger partial charge in [-0.3, -0.25) is 4.90 Å². The summed E-state index contributed by atoms with van der Waals surface area (Å²) in [5.74, 6) is 0.0786. The normalized spacial score (nSPS) is 22.7. The fourth-order valence-electron chi connectivity index (χ4n) is 3.99. The Morgan fingerprint density at radius 2 is 1.92 bits per heavy atom. The SMILES string of the molecule is O=C(NC[C@@H]1CCN(CC(F)(F)F)C1)NCC1(c2ccccc2)CCC1. The minimum atomic E-state index is -4.16. The van der Waals surface area contributed by atoms with E-state index in [1.807, 2.05) is 18.2 Å². The van der Waals surface area contributed by atoms with Gasteiger partial charge in [0.15, 0.2) is 0 Å². The lowest BCUT2D eigenvalue weighted by Gasteiger charge is -2.42. The van der Waals surface area contributed by atoms with Crippen molar-refractivity contribution in [2.75, 3.05) is 32.7 Å². The van der Waals surface area contributed by atoms with Gasteiger partial charge < -0.3 is 10.6 Å². The molecule has 7 heteroatoms. The predicted molar refractivity (Wildman–Crippen MR) is 94.0 cm³/mol. The second-order valence-electron chi connectivity index (χ2n) is 7.57. The third-order valence-corrected chi connectivity index (χ3v) is 5.61. The molecule has 2 fully saturated rings. The van der Waals surface area contributed by atoms with Crippen molar-refractivity contribution in [3.05, 3.63) is 35.9 Å². The maximum atomic E-state index is 12.4. The third-order valence-electron chi connectivity index (χ3n) is 5.61. The first-order chi connectivity index (χ1) is 12.4. The van der Waals surface area contributed by atoms with Gasteiger partial charge in [0.05, 0.1) is 6.54 Å². The molecule has 1 aliphatic heterocycles. The van der Waals surface area contributed by atoms with E-state index in [1.165, 1.54) is 10.5 Å². The van der Waals surface area contributed by atoms with Crippen molar-refractivity contribution in [2.45, 2.75) is 37.3 Å². The highest BCUT2D eigenvalue weighted by Crippen LogP contribution is 2.43. The fraction of sp³-hybridized carbons (Fsp3) is 0.632. The molecule has 0 bridgehead atoms. The first-order valence-corrected chi connectivity index (χ1v) is 9.23. The molecule has 1 saturated heterocycles. The van der Waals surface area contributed by atoms with Crippen molar-refractivity contribution in [2.24, 2.45) is 5.92 Å². The van der Waals surface area contributed by atoms with Gasteiger partial charge in [-0.2, -0.15) is 13.2 Å². The standard InChI is InChI=1S/C19H26F3N3O/c20-19(21,22)14-25-10-7-15(12-25)11-23-17(26)24-13-18(8-4-9-18)16-5-2-1-3-6-16/h1-3,5-6,15H,4,7-14H2,(H2,23,24,26)/t15-/m0/s1. The number of nitrogens with one attached hydrogen (secondary N) is 2. The highest BCUT2D eigenvalue weighted by molar-refractivity contribution is 5.74. The highest BCUT2D eigenvalue weighted by atomic mass is 19.4. The van der Waals surface area contributed by atoms with E-state index in [0.29, 0.717) is 32.6 Å². The van der Waals surface area contributed by atoms with Crippen LogP contribution in [0, 0.1) is 5.92 Å². The Morgan fingerprint density at radius 1 is 1.19 bits per heavy atom. The highest BCUT2D eigenvalue weighted by Gasteiger charge is 2.39. The fourth-order valence-corrected chi connectivity index (χ4v) is 3.99. The molecule has 1 aromatic rings. The quantitative estimate of drug-likeness (QED) is 0.808. The molecule has 0 radical (unpaired) electrons. The van der Waals surface area contributed by atoms with Crippen LogP contribution in [0.1, 0.15) is 31.2 Å². The molecule has 1 atom stereocenters. The zero-order chi connectivity index (χ0) is 18.6. The van der Waals surface area contributed by atoms with Crippen LogP contribution in [0.15, 0.2) is 30.3 Å². The molecule has 1 heterocycles. The summed E-state index contributed by atoms with van der Waals surface area (Å²) >= 11 is 0. The van der Waals surface area contributed by atoms with Crippen LogP contribution in [-0.2, 0) is 5.41 Å². The van der Waals surface area contributed by atoms with Crippen LogP contribution < -0.4 is 10.6 Å². The smallest absolute Gasteiger partial charge is 0.338 e. The number of likely N-dealkylation sites (tertiary alicyclic amines) is 1. The first kappa shape index (κ1) is 19.0. The average molecular weight is 369 g/mol. The van der Waals surface area contributed by atoms with Crippen molar-refractivity contribution >= 4 is 6.03 Å². The summed E-state index contributed by atoms with van der Waals surface area (Å²) in [4.78, 5) is 13.5. The van der Waals surface area contributed by atoms with E-state index < -0.39 is 12.7 Å². The van der Waals surface area contributed by atoms with Crippen LogP contribution in [0.3, 0.4) is 0 Å². The van der Waals surface area contributed by atoms with Crippen molar-refractivity contribution in [1.29, 1.82) is 0 Å². The number of alkyl halides is 3. The number of benzene rings is 1. The Labute approximate surface area is 152 Å². The summed E-state index contributed by atoms with van der Waals surface area (Å²) < 4.78 is 37.3. The zero-order valence-corrected chi connectivity index (χ0v) is 14.8. The topological polar surface area (TPSA) is 44.4 Å². The number of amides is 2. The monoisotopic (exact) mass is 369 g/mol. The number of urea groups is 1. The molecule has 0 spiro atoms. The van der Waals surface area contributed by atoms with Crippen LogP contribution in [0.5, 0.6) is 0 Å². The van der Waals surface area contributed by atoms with Crippen LogP contribution in [0.4, 0.5) is 18.0 Å². The molecule has 4 nitrogen and oxygen atoms in total. The van der Waals surface area contributed by atoms with E-state index in [-0.39, 0.29) is 17.4 Å². The van der Waals surface area contributed by atoms with Gasteiger partial charge in [-0.15, -0.1) is 0 Å². The number of hydrogen-bond acceptors (Lipinski definition) is 2. The summed E-state index contributed by atoms with van der Waals surface area (Å²) in [5, 5.41) is 5.78. The summed E-state index contributed by atoms with van der Waals surface area (Å²) in [7, 11) is 0. The predicted octanol–water partition coefficient (Wildman–Crippen LogP) is 3.29. The van der Waals surface area contributed by atoms with Crippen LogP contribution in [0.25, 0.3) is 0 Å². The van der Waals surface area contributed by atoms with Crippen LogP contribution >= 0.6 is 0 Å². The minimum absolute atomic E-state index is 0.0233. The minimum Gasteiger partial charge on any atom is -0.338 e. The van der Waals surface area contributed by atoms with Gasteiger partial charge >= 0.3 is 12.2 Å². The molecule has 0 aromatic heterocycles. The summed E-state index contributed by atoms with van der Waals surface area (Å²) in [6.45, 7) is 0.958. The number of carbonyl (C=O) groups excluding carboxylic acids is 1. The Kier molecular flexibility index (Phi) is 5.75. The van der Waals surface area contributed by atoms with Gasteiger partial charge in [0.1, 0.15) is 0 Å². The van der Waals surface area contributed by atoms with E-state index in [1.54, 1.807) is 0 Å². The second kappa shape index (κ2) is 7.86. The van der Waals surface area contributed by atoms with Crippen molar-refractivity contribution in [3.63, 3.8) is 0 Å². The van der Waals surface area contributed by atoms with Crippen molar-refractivity contribution in [3.8, 4) is 0 Å². The Hall–Kier alpha value is -1.76. The molecule has 1 saturated carbocycles. The lowest BCUT2D eigenvalue weighted by molar-refractivity contribution is -0.143.